The lowest BCUT2D eigenvalue weighted by atomic mass is 9.93. The molecule has 1 unspecified atom stereocenters. The number of para-hydroxylation sites is 1. The molecule has 1 fully saturated rings. The molecule has 0 radical (unpaired) electrons. The minimum absolute atomic E-state index is 0. The van der Waals surface area contributed by atoms with Gasteiger partial charge in [0.1, 0.15) is 5.75 Å². The van der Waals surface area contributed by atoms with Crippen LogP contribution in [0, 0.1) is 0 Å². The third-order valence-electron chi connectivity index (χ3n) is 5.40. The number of amides is 1. The van der Waals surface area contributed by atoms with Crippen molar-refractivity contribution in [2.75, 3.05) is 46.4 Å². The highest BCUT2D eigenvalue weighted by molar-refractivity contribution is 14.0. The average Bonchev–Trinajstić information content (AvgIpc) is 3.29. The molecule has 0 spiro atoms. The lowest BCUT2D eigenvalue weighted by Gasteiger charge is -2.36. The quantitative estimate of drug-likeness (QED) is 0.391. The van der Waals surface area contributed by atoms with E-state index in [0.717, 1.165) is 44.4 Å². The van der Waals surface area contributed by atoms with Gasteiger partial charge in [0, 0.05) is 45.7 Å². The monoisotopic (exact) mass is 510 g/mol. The lowest BCUT2D eigenvalue weighted by Crippen LogP contribution is -2.54. The van der Waals surface area contributed by atoms with Gasteiger partial charge >= 0.3 is 0 Å². The first-order chi connectivity index (χ1) is 13.8. The second-order valence-corrected chi connectivity index (χ2v) is 7.06. The number of nitrogens with zero attached hydrogens (tertiary/aromatic N) is 3. The highest BCUT2D eigenvalue weighted by Gasteiger charge is 2.26. The van der Waals surface area contributed by atoms with E-state index in [1.165, 1.54) is 11.8 Å². The van der Waals surface area contributed by atoms with Crippen molar-refractivity contribution in [2.45, 2.75) is 12.3 Å². The number of piperazine rings is 1. The second kappa shape index (κ2) is 10.00. The Kier molecular flexibility index (Phi) is 7.40. The Morgan fingerprint density at radius 2 is 1.90 bits per heavy atom. The molecule has 1 amide bonds. The summed E-state index contributed by atoms with van der Waals surface area (Å²) in [5, 5.41) is 3.52. The number of hydrogen-bond donors (Lipinski definition) is 1. The molecule has 1 atom stereocenters. The Hall–Kier alpha value is -2.23. The van der Waals surface area contributed by atoms with Crippen LogP contribution in [0.2, 0.25) is 0 Å². The van der Waals surface area contributed by atoms with E-state index in [0.29, 0.717) is 24.8 Å². The fraction of sp³-hybridized carbons (Fsp3) is 0.429. The van der Waals surface area contributed by atoms with Crippen LogP contribution in [0.1, 0.15) is 28.5 Å². The molecule has 2 aliphatic rings. The summed E-state index contributed by atoms with van der Waals surface area (Å²) in [5.74, 6) is 2.62. The van der Waals surface area contributed by atoms with Crippen LogP contribution in [0.15, 0.2) is 52.1 Å². The molecule has 3 heterocycles. The van der Waals surface area contributed by atoms with Crippen molar-refractivity contribution in [1.29, 1.82) is 0 Å². The van der Waals surface area contributed by atoms with Gasteiger partial charge in [0.05, 0.1) is 12.9 Å². The maximum absolute atomic E-state index is 12.4. The summed E-state index contributed by atoms with van der Waals surface area (Å²) in [4.78, 5) is 20.9. The Morgan fingerprint density at radius 3 is 2.62 bits per heavy atom. The number of furan rings is 1. The van der Waals surface area contributed by atoms with E-state index >= 15 is 0 Å². The van der Waals surface area contributed by atoms with Crippen LogP contribution in [0.4, 0.5) is 0 Å². The number of halogens is 1. The van der Waals surface area contributed by atoms with Crippen molar-refractivity contribution in [3.63, 3.8) is 0 Å². The lowest BCUT2D eigenvalue weighted by molar-refractivity contribution is 0.0657. The standard InChI is InChI=1S/C21H26N4O3.HI/c1-22-21(23-15-16-8-14-28-18-6-3-2-5-17(16)18)25-11-9-24(10-12-25)20(26)19-7-4-13-27-19;/h2-7,13,16H,8-12,14-15H2,1H3,(H,22,23);1H. The minimum atomic E-state index is -0.0496. The van der Waals surface area contributed by atoms with Crippen molar-refractivity contribution in [1.82, 2.24) is 15.1 Å². The molecule has 0 saturated carbocycles. The number of aliphatic imine (C=N–C) groups is 1. The predicted molar refractivity (Wildman–Crippen MR) is 122 cm³/mol. The summed E-state index contributed by atoms with van der Waals surface area (Å²) in [6.07, 6.45) is 2.52. The molecule has 2 aliphatic heterocycles. The third-order valence-corrected chi connectivity index (χ3v) is 5.40. The third kappa shape index (κ3) is 4.85. The van der Waals surface area contributed by atoms with Crippen LogP contribution >= 0.6 is 24.0 Å². The molecule has 1 aromatic carbocycles. The number of ether oxygens (including phenoxy) is 1. The van der Waals surface area contributed by atoms with E-state index in [-0.39, 0.29) is 29.9 Å². The number of nitrogens with one attached hydrogen (secondary N) is 1. The molecular formula is C21H27IN4O3. The predicted octanol–water partition coefficient (Wildman–Crippen LogP) is 2.80. The van der Waals surface area contributed by atoms with Crippen LogP contribution < -0.4 is 10.1 Å². The van der Waals surface area contributed by atoms with Crippen molar-refractivity contribution in [2.24, 2.45) is 4.99 Å². The number of carbonyl (C=O) groups is 1. The van der Waals surface area contributed by atoms with E-state index < -0.39 is 0 Å². The number of carbonyl (C=O) groups excluding carboxylic acids is 1. The van der Waals surface area contributed by atoms with E-state index in [2.05, 4.69) is 27.3 Å². The smallest absolute Gasteiger partial charge is 0.289 e. The van der Waals surface area contributed by atoms with Gasteiger partial charge in [-0.3, -0.25) is 9.79 Å². The number of guanidine groups is 1. The SMILES string of the molecule is CN=C(NCC1CCOc2ccccc21)N1CCN(C(=O)c2ccco2)CC1.I. The minimum Gasteiger partial charge on any atom is -0.493 e. The Balaban J connectivity index is 0.00000240. The van der Waals surface area contributed by atoms with Gasteiger partial charge < -0.3 is 24.3 Å². The zero-order chi connectivity index (χ0) is 19.3. The van der Waals surface area contributed by atoms with Gasteiger partial charge in [-0.1, -0.05) is 18.2 Å². The molecule has 8 heteroatoms. The van der Waals surface area contributed by atoms with E-state index in [1.54, 1.807) is 19.2 Å². The zero-order valence-corrected chi connectivity index (χ0v) is 18.9. The molecule has 1 saturated heterocycles. The summed E-state index contributed by atoms with van der Waals surface area (Å²) in [7, 11) is 1.81. The summed E-state index contributed by atoms with van der Waals surface area (Å²) >= 11 is 0. The average molecular weight is 510 g/mol. The fourth-order valence-corrected chi connectivity index (χ4v) is 3.85. The molecule has 1 aromatic heterocycles. The second-order valence-electron chi connectivity index (χ2n) is 7.06. The van der Waals surface area contributed by atoms with Crippen LogP contribution in [-0.2, 0) is 0 Å². The molecule has 2 aromatic rings. The highest BCUT2D eigenvalue weighted by Crippen LogP contribution is 2.32. The van der Waals surface area contributed by atoms with Crippen LogP contribution in [0.3, 0.4) is 0 Å². The van der Waals surface area contributed by atoms with Gasteiger partial charge in [-0.2, -0.15) is 0 Å². The van der Waals surface area contributed by atoms with Crippen LogP contribution in [0.25, 0.3) is 0 Å². The number of benzene rings is 1. The number of fused-ring (bicyclic) bond motifs is 1. The van der Waals surface area contributed by atoms with Crippen LogP contribution in [0.5, 0.6) is 5.75 Å². The molecule has 29 heavy (non-hydrogen) atoms. The first-order valence-corrected chi connectivity index (χ1v) is 9.76. The molecule has 1 N–H and O–H groups in total. The summed E-state index contributed by atoms with van der Waals surface area (Å²) < 4.78 is 11.0. The van der Waals surface area contributed by atoms with Crippen molar-refractivity contribution in [3.8, 4) is 5.75 Å². The molecule has 0 aliphatic carbocycles. The normalized spacial score (nSPS) is 19.1. The van der Waals surface area contributed by atoms with Gasteiger partial charge in [-0.25, -0.2) is 0 Å². The van der Waals surface area contributed by atoms with E-state index in [4.69, 9.17) is 9.15 Å². The van der Waals surface area contributed by atoms with Gasteiger partial charge in [-0.15, -0.1) is 24.0 Å². The summed E-state index contributed by atoms with van der Waals surface area (Å²) in [6, 6.07) is 11.7. The maximum atomic E-state index is 12.4. The van der Waals surface area contributed by atoms with E-state index in [1.807, 2.05) is 17.0 Å². The highest BCUT2D eigenvalue weighted by atomic mass is 127. The Bertz CT molecular complexity index is 832. The Morgan fingerprint density at radius 1 is 1.14 bits per heavy atom. The Labute approximate surface area is 188 Å². The molecule has 7 nitrogen and oxygen atoms in total. The topological polar surface area (TPSA) is 70.3 Å². The van der Waals surface area contributed by atoms with Gasteiger partial charge in [-0.05, 0) is 30.2 Å². The largest absolute Gasteiger partial charge is 0.493 e. The van der Waals surface area contributed by atoms with Crippen molar-refractivity contribution < 1.29 is 13.9 Å². The first kappa shape index (κ1) is 21.5. The van der Waals surface area contributed by atoms with Gasteiger partial charge in [0.2, 0.25) is 0 Å². The van der Waals surface area contributed by atoms with Crippen LogP contribution in [-0.4, -0.2) is 68.0 Å². The van der Waals surface area contributed by atoms with Gasteiger partial charge in [0.25, 0.3) is 5.91 Å². The number of rotatable bonds is 3. The van der Waals surface area contributed by atoms with Crippen molar-refractivity contribution in [3.05, 3.63) is 54.0 Å². The molecule has 156 valence electrons. The molecule has 4 rings (SSSR count). The first-order valence-electron chi connectivity index (χ1n) is 9.76. The zero-order valence-electron chi connectivity index (χ0n) is 16.5. The van der Waals surface area contributed by atoms with Gasteiger partial charge in [0.15, 0.2) is 11.7 Å². The maximum Gasteiger partial charge on any atom is 0.289 e. The fourth-order valence-electron chi connectivity index (χ4n) is 3.85. The molecular weight excluding hydrogens is 483 g/mol. The summed E-state index contributed by atoms with van der Waals surface area (Å²) in [5.41, 5.74) is 1.26. The summed E-state index contributed by atoms with van der Waals surface area (Å²) in [6.45, 7) is 4.36. The molecule has 0 bridgehead atoms. The van der Waals surface area contributed by atoms with E-state index in [9.17, 15) is 4.79 Å². The number of hydrogen-bond acceptors (Lipinski definition) is 4. The van der Waals surface area contributed by atoms with Crippen molar-refractivity contribution >= 4 is 35.8 Å².